The van der Waals surface area contributed by atoms with Crippen molar-refractivity contribution < 1.29 is 13.5 Å². The van der Waals surface area contributed by atoms with Crippen molar-refractivity contribution in [3.63, 3.8) is 0 Å². The van der Waals surface area contributed by atoms with Gasteiger partial charge in [-0.1, -0.05) is 15.9 Å². The van der Waals surface area contributed by atoms with E-state index >= 15 is 0 Å². The van der Waals surface area contributed by atoms with E-state index in [1.54, 1.807) is 0 Å². The Kier molecular flexibility index (Phi) is 5.10. The summed E-state index contributed by atoms with van der Waals surface area (Å²) in [5, 5.41) is 8.45. The minimum atomic E-state index is -2.41. The number of ether oxygens (including phenoxy) is 1. The zero-order valence-electron chi connectivity index (χ0n) is 8.29. The summed E-state index contributed by atoms with van der Waals surface area (Å²) < 4.78 is 30.0. The van der Waals surface area contributed by atoms with E-state index in [0.717, 1.165) is 11.6 Å². The normalized spacial score (nSPS) is 11.3. The number of hydrogen-bond donors (Lipinski definition) is 0. The third kappa shape index (κ3) is 3.83. The lowest BCUT2D eigenvalue weighted by molar-refractivity contribution is 0.0181. The minimum absolute atomic E-state index is 0.235. The van der Waals surface area contributed by atoms with Crippen LogP contribution in [0.2, 0.25) is 0 Å². The first kappa shape index (κ1) is 12.5. The van der Waals surface area contributed by atoms with Crippen molar-refractivity contribution in [3.8, 4) is 0 Å². The Morgan fingerprint density at radius 3 is 2.60 bits per heavy atom. The lowest BCUT2D eigenvalue weighted by Crippen LogP contribution is -2.09. The molecule has 86 valence electrons. The molecule has 1 aromatic heterocycles. The Balaban J connectivity index is 2.34. The van der Waals surface area contributed by atoms with E-state index in [1.807, 2.05) is 11.6 Å². The fourth-order valence-electron chi connectivity index (χ4n) is 1.07. The van der Waals surface area contributed by atoms with Gasteiger partial charge in [-0.2, -0.15) is 0 Å². The van der Waals surface area contributed by atoms with Crippen LogP contribution in [0.5, 0.6) is 0 Å². The molecular weight excluding hydrogens is 272 g/mol. The number of aromatic nitrogens is 3. The van der Waals surface area contributed by atoms with Crippen molar-refractivity contribution in [2.75, 3.05) is 13.2 Å². The molecule has 0 N–H and O–H groups in total. The largest absolute Gasteiger partial charge is 0.375 e. The Morgan fingerprint density at radius 1 is 1.40 bits per heavy atom. The van der Waals surface area contributed by atoms with Crippen LogP contribution < -0.4 is 0 Å². The molecule has 0 saturated carbocycles. The van der Waals surface area contributed by atoms with Crippen molar-refractivity contribution >= 4 is 15.9 Å². The summed E-state index contributed by atoms with van der Waals surface area (Å²) in [7, 11) is 1.83. The fraction of sp³-hybridized carbons (Fsp3) is 0.750. The van der Waals surface area contributed by atoms with Gasteiger partial charge in [0.15, 0.2) is 0 Å². The average molecular weight is 284 g/mol. The van der Waals surface area contributed by atoms with Crippen LogP contribution in [0.4, 0.5) is 8.78 Å². The molecule has 1 aromatic rings. The van der Waals surface area contributed by atoms with Crippen LogP contribution in [0, 0.1) is 0 Å². The van der Waals surface area contributed by atoms with E-state index in [2.05, 4.69) is 26.1 Å². The van der Waals surface area contributed by atoms with Gasteiger partial charge in [0, 0.05) is 13.5 Å². The standard InChI is InChI=1S/C8H12BrF2N3O/c1-14-7(12-13-8(14)4-9)2-3-15-5-6(10)11/h6H,2-5H2,1H3. The van der Waals surface area contributed by atoms with Crippen molar-refractivity contribution in [2.24, 2.45) is 7.05 Å². The van der Waals surface area contributed by atoms with Crippen LogP contribution in [-0.2, 0) is 23.5 Å². The molecule has 0 radical (unpaired) electrons. The molecule has 0 aromatic carbocycles. The maximum atomic E-state index is 11.7. The molecule has 7 heteroatoms. The Labute approximate surface area is 94.8 Å². The second-order valence-corrected chi connectivity index (χ2v) is 3.50. The minimum Gasteiger partial charge on any atom is -0.375 e. The second kappa shape index (κ2) is 6.12. The predicted molar refractivity (Wildman–Crippen MR) is 54.2 cm³/mol. The van der Waals surface area contributed by atoms with E-state index in [4.69, 9.17) is 4.74 Å². The van der Waals surface area contributed by atoms with Gasteiger partial charge >= 0.3 is 0 Å². The molecule has 1 rings (SSSR count). The van der Waals surface area contributed by atoms with Crippen molar-refractivity contribution in [2.45, 2.75) is 18.2 Å². The maximum absolute atomic E-state index is 11.7. The van der Waals surface area contributed by atoms with E-state index in [1.165, 1.54) is 0 Å². The van der Waals surface area contributed by atoms with Gasteiger partial charge in [-0.25, -0.2) is 8.78 Å². The maximum Gasteiger partial charge on any atom is 0.261 e. The van der Waals surface area contributed by atoms with Gasteiger partial charge in [0.05, 0.1) is 11.9 Å². The molecule has 4 nitrogen and oxygen atoms in total. The van der Waals surface area contributed by atoms with E-state index in [9.17, 15) is 8.78 Å². The molecule has 0 aliphatic rings. The zero-order valence-corrected chi connectivity index (χ0v) is 9.88. The van der Waals surface area contributed by atoms with E-state index < -0.39 is 13.0 Å². The summed E-state index contributed by atoms with van der Waals surface area (Å²) in [6.45, 7) is -0.290. The summed E-state index contributed by atoms with van der Waals surface area (Å²) in [6.07, 6.45) is -1.92. The molecule has 0 spiro atoms. The van der Waals surface area contributed by atoms with Crippen LogP contribution in [-0.4, -0.2) is 34.4 Å². The average Bonchev–Trinajstić information content (AvgIpc) is 2.54. The van der Waals surface area contributed by atoms with Crippen LogP contribution in [0.15, 0.2) is 0 Å². The van der Waals surface area contributed by atoms with Gasteiger partial charge in [0.25, 0.3) is 6.43 Å². The number of nitrogens with zero attached hydrogens (tertiary/aromatic N) is 3. The molecule has 0 saturated heterocycles. The first-order chi connectivity index (χ1) is 7.15. The van der Waals surface area contributed by atoms with Gasteiger partial charge in [-0.15, -0.1) is 10.2 Å². The van der Waals surface area contributed by atoms with Gasteiger partial charge in [0.1, 0.15) is 18.3 Å². The van der Waals surface area contributed by atoms with Crippen molar-refractivity contribution in [3.05, 3.63) is 11.6 Å². The number of alkyl halides is 3. The molecular formula is C8H12BrF2N3O. The smallest absolute Gasteiger partial charge is 0.261 e. The highest BCUT2D eigenvalue weighted by atomic mass is 79.9. The molecule has 0 atom stereocenters. The fourth-order valence-corrected chi connectivity index (χ4v) is 1.56. The summed E-state index contributed by atoms with van der Waals surface area (Å²) >= 11 is 3.27. The summed E-state index contributed by atoms with van der Waals surface area (Å²) in [5.41, 5.74) is 0. The summed E-state index contributed by atoms with van der Waals surface area (Å²) in [5.74, 6) is 1.54. The van der Waals surface area contributed by atoms with Crippen LogP contribution >= 0.6 is 15.9 Å². The zero-order chi connectivity index (χ0) is 11.3. The Morgan fingerprint density at radius 2 is 2.07 bits per heavy atom. The summed E-state index contributed by atoms with van der Waals surface area (Å²) in [6, 6.07) is 0. The SMILES string of the molecule is Cn1c(CBr)nnc1CCOCC(F)F. The van der Waals surface area contributed by atoms with Crippen molar-refractivity contribution in [1.29, 1.82) is 0 Å². The molecule has 0 unspecified atom stereocenters. The van der Waals surface area contributed by atoms with Crippen LogP contribution in [0.3, 0.4) is 0 Å². The molecule has 0 aliphatic carbocycles. The molecule has 0 bridgehead atoms. The predicted octanol–water partition coefficient (Wildman–Crippen LogP) is 1.53. The Bertz CT molecular complexity index is 306. The highest BCUT2D eigenvalue weighted by Crippen LogP contribution is 2.04. The second-order valence-electron chi connectivity index (χ2n) is 2.94. The number of hydrogen-bond acceptors (Lipinski definition) is 3. The molecule has 0 amide bonds. The molecule has 15 heavy (non-hydrogen) atoms. The first-order valence-electron chi connectivity index (χ1n) is 4.44. The van der Waals surface area contributed by atoms with Crippen molar-refractivity contribution in [1.82, 2.24) is 14.8 Å². The third-order valence-electron chi connectivity index (χ3n) is 1.89. The highest BCUT2D eigenvalue weighted by Gasteiger charge is 2.07. The topological polar surface area (TPSA) is 39.9 Å². The van der Waals surface area contributed by atoms with Gasteiger partial charge in [-0.3, -0.25) is 0 Å². The van der Waals surface area contributed by atoms with Gasteiger partial charge < -0.3 is 9.30 Å². The number of halogens is 3. The highest BCUT2D eigenvalue weighted by molar-refractivity contribution is 9.08. The lowest BCUT2D eigenvalue weighted by atomic mass is 10.4. The van der Waals surface area contributed by atoms with E-state index in [-0.39, 0.29) is 6.61 Å². The van der Waals surface area contributed by atoms with Gasteiger partial charge in [-0.05, 0) is 0 Å². The van der Waals surface area contributed by atoms with Crippen LogP contribution in [0.25, 0.3) is 0 Å². The molecule has 0 fully saturated rings. The summed E-state index contributed by atoms with van der Waals surface area (Å²) in [4.78, 5) is 0. The van der Waals surface area contributed by atoms with E-state index in [0.29, 0.717) is 11.8 Å². The third-order valence-corrected chi connectivity index (χ3v) is 2.39. The van der Waals surface area contributed by atoms with Gasteiger partial charge in [0.2, 0.25) is 0 Å². The lowest BCUT2D eigenvalue weighted by Gasteiger charge is -2.03. The quantitative estimate of drug-likeness (QED) is 0.587. The van der Waals surface area contributed by atoms with Crippen LogP contribution in [0.1, 0.15) is 11.6 Å². The Hall–Kier alpha value is -0.560. The number of rotatable bonds is 6. The first-order valence-corrected chi connectivity index (χ1v) is 5.56. The monoisotopic (exact) mass is 283 g/mol. The molecule has 1 heterocycles. The molecule has 0 aliphatic heterocycles.